The number of carbonyl (C=O) groups is 1. The third-order valence-electron chi connectivity index (χ3n) is 3.16. The first kappa shape index (κ1) is 12.3. The standard InChI is InChI=1S/C13H17NO2S/c1-10-3-2-4-11(9-10)14-13(12(15)16)5-7-17-8-6-13/h2-4,9,14H,5-8H2,1H3,(H,15,16). The normalized spacial score (nSPS) is 18.6. The first-order valence-corrected chi connectivity index (χ1v) is 6.94. The third kappa shape index (κ3) is 2.75. The molecule has 1 aromatic carbocycles. The van der Waals surface area contributed by atoms with Crippen LogP contribution < -0.4 is 5.32 Å². The highest BCUT2D eigenvalue weighted by molar-refractivity contribution is 7.99. The number of hydrogen-bond donors (Lipinski definition) is 2. The van der Waals surface area contributed by atoms with Crippen molar-refractivity contribution in [2.75, 3.05) is 16.8 Å². The van der Waals surface area contributed by atoms with Crippen molar-refractivity contribution in [3.63, 3.8) is 0 Å². The van der Waals surface area contributed by atoms with Crippen LogP contribution in [0.2, 0.25) is 0 Å². The average Bonchev–Trinajstić information content (AvgIpc) is 2.30. The Balaban J connectivity index is 2.20. The van der Waals surface area contributed by atoms with Gasteiger partial charge in [-0.05, 0) is 49.0 Å². The van der Waals surface area contributed by atoms with E-state index in [9.17, 15) is 9.90 Å². The fraction of sp³-hybridized carbons (Fsp3) is 0.462. The number of anilines is 1. The minimum absolute atomic E-state index is 0.681. The fourth-order valence-electron chi connectivity index (χ4n) is 2.11. The summed E-state index contributed by atoms with van der Waals surface area (Å²) in [6, 6.07) is 7.88. The lowest BCUT2D eigenvalue weighted by atomic mass is 9.92. The monoisotopic (exact) mass is 251 g/mol. The summed E-state index contributed by atoms with van der Waals surface area (Å²) in [6.45, 7) is 2.01. The molecule has 0 spiro atoms. The van der Waals surface area contributed by atoms with E-state index >= 15 is 0 Å². The van der Waals surface area contributed by atoms with Crippen LogP contribution in [0, 0.1) is 6.92 Å². The van der Waals surface area contributed by atoms with Crippen LogP contribution in [-0.4, -0.2) is 28.1 Å². The number of thioether (sulfide) groups is 1. The highest BCUT2D eigenvalue weighted by Crippen LogP contribution is 2.31. The molecule has 0 aliphatic carbocycles. The van der Waals surface area contributed by atoms with Crippen LogP contribution in [0.3, 0.4) is 0 Å². The van der Waals surface area contributed by atoms with Gasteiger partial charge in [0.2, 0.25) is 0 Å². The van der Waals surface area contributed by atoms with E-state index in [2.05, 4.69) is 5.32 Å². The number of benzene rings is 1. The Bertz CT molecular complexity index is 414. The van der Waals surface area contributed by atoms with Crippen molar-refractivity contribution >= 4 is 23.4 Å². The molecular weight excluding hydrogens is 234 g/mol. The topological polar surface area (TPSA) is 49.3 Å². The van der Waals surface area contributed by atoms with E-state index in [1.807, 2.05) is 43.0 Å². The van der Waals surface area contributed by atoms with Crippen molar-refractivity contribution < 1.29 is 9.90 Å². The molecule has 0 aromatic heterocycles. The summed E-state index contributed by atoms with van der Waals surface area (Å²) in [5.41, 5.74) is 1.26. The van der Waals surface area contributed by atoms with E-state index < -0.39 is 11.5 Å². The second-order valence-corrected chi connectivity index (χ2v) is 5.72. The minimum Gasteiger partial charge on any atom is -0.480 e. The lowest BCUT2D eigenvalue weighted by Crippen LogP contribution is -2.49. The molecule has 0 amide bonds. The highest BCUT2D eigenvalue weighted by atomic mass is 32.2. The van der Waals surface area contributed by atoms with Gasteiger partial charge in [0, 0.05) is 5.69 Å². The van der Waals surface area contributed by atoms with Crippen molar-refractivity contribution in [3.05, 3.63) is 29.8 Å². The van der Waals surface area contributed by atoms with Crippen LogP contribution in [0.1, 0.15) is 18.4 Å². The number of carboxylic acid groups (broad SMARTS) is 1. The molecule has 4 heteroatoms. The van der Waals surface area contributed by atoms with E-state index in [1.54, 1.807) is 0 Å². The van der Waals surface area contributed by atoms with E-state index in [-0.39, 0.29) is 0 Å². The number of aliphatic carboxylic acids is 1. The maximum Gasteiger partial charge on any atom is 0.329 e. The van der Waals surface area contributed by atoms with Gasteiger partial charge in [0.05, 0.1) is 0 Å². The zero-order chi connectivity index (χ0) is 12.3. The third-order valence-corrected chi connectivity index (χ3v) is 4.14. The number of rotatable bonds is 3. The molecule has 92 valence electrons. The van der Waals surface area contributed by atoms with Gasteiger partial charge in [-0.15, -0.1) is 0 Å². The molecule has 1 aromatic rings. The van der Waals surface area contributed by atoms with Crippen LogP contribution in [0.4, 0.5) is 5.69 Å². The van der Waals surface area contributed by atoms with Gasteiger partial charge in [-0.1, -0.05) is 12.1 Å². The molecule has 1 saturated heterocycles. The Morgan fingerprint density at radius 1 is 1.41 bits per heavy atom. The fourth-order valence-corrected chi connectivity index (χ4v) is 3.30. The lowest BCUT2D eigenvalue weighted by Gasteiger charge is -2.34. The van der Waals surface area contributed by atoms with Gasteiger partial charge in [-0.2, -0.15) is 11.8 Å². The number of nitrogens with one attached hydrogen (secondary N) is 1. The summed E-state index contributed by atoms with van der Waals surface area (Å²) >= 11 is 1.82. The van der Waals surface area contributed by atoms with E-state index in [4.69, 9.17) is 0 Å². The number of carboxylic acids is 1. The predicted molar refractivity (Wildman–Crippen MR) is 71.7 cm³/mol. The molecule has 1 aliphatic heterocycles. The molecule has 2 rings (SSSR count). The summed E-state index contributed by atoms with van der Waals surface area (Å²) in [5, 5.41) is 12.7. The summed E-state index contributed by atoms with van der Waals surface area (Å²) in [6.07, 6.45) is 1.36. The first-order valence-electron chi connectivity index (χ1n) is 5.78. The SMILES string of the molecule is Cc1cccc(NC2(C(=O)O)CCSCC2)c1. The maximum atomic E-state index is 11.5. The highest BCUT2D eigenvalue weighted by Gasteiger charge is 2.39. The molecular formula is C13H17NO2S. The Morgan fingerprint density at radius 2 is 2.12 bits per heavy atom. The summed E-state index contributed by atoms with van der Waals surface area (Å²) in [4.78, 5) is 11.5. The zero-order valence-electron chi connectivity index (χ0n) is 9.90. The molecule has 0 radical (unpaired) electrons. The second-order valence-electron chi connectivity index (χ2n) is 4.49. The molecule has 3 nitrogen and oxygen atoms in total. The first-order chi connectivity index (χ1) is 8.12. The Hall–Kier alpha value is -1.16. The van der Waals surface area contributed by atoms with Crippen LogP contribution in [0.15, 0.2) is 24.3 Å². The molecule has 1 aliphatic rings. The van der Waals surface area contributed by atoms with Crippen LogP contribution in [0.5, 0.6) is 0 Å². The number of aryl methyl sites for hydroxylation is 1. The lowest BCUT2D eigenvalue weighted by molar-refractivity contribution is -0.142. The van der Waals surface area contributed by atoms with Gasteiger partial charge in [0.25, 0.3) is 0 Å². The maximum absolute atomic E-state index is 11.5. The summed E-state index contributed by atoms with van der Waals surface area (Å²) < 4.78 is 0. The quantitative estimate of drug-likeness (QED) is 0.867. The molecule has 0 saturated carbocycles. The van der Waals surface area contributed by atoms with Gasteiger partial charge in [0.1, 0.15) is 5.54 Å². The van der Waals surface area contributed by atoms with Crippen LogP contribution >= 0.6 is 11.8 Å². The predicted octanol–water partition coefficient (Wildman–Crippen LogP) is 2.76. The Labute approximate surface area is 106 Å². The molecule has 0 atom stereocenters. The average molecular weight is 251 g/mol. The van der Waals surface area contributed by atoms with Crippen molar-refractivity contribution in [1.29, 1.82) is 0 Å². The van der Waals surface area contributed by atoms with Gasteiger partial charge < -0.3 is 10.4 Å². The van der Waals surface area contributed by atoms with E-state index in [1.165, 1.54) is 0 Å². The molecule has 1 fully saturated rings. The summed E-state index contributed by atoms with van der Waals surface area (Å²) in [5.74, 6) is 1.08. The summed E-state index contributed by atoms with van der Waals surface area (Å²) in [7, 11) is 0. The zero-order valence-corrected chi connectivity index (χ0v) is 10.7. The second kappa shape index (κ2) is 5.00. The van der Waals surface area contributed by atoms with Crippen molar-refractivity contribution in [2.45, 2.75) is 25.3 Å². The largest absolute Gasteiger partial charge is 0.480 e. The molecule has 17 heavy (non-hydrogen) atoms. The van der Waals surface area contributed by atoms with Crippen molar-refractivity contribution in [2.24, 2.45) is 0 Å². The molecule has 2 N–H and O–H groups in total. The Morgan fingerprint density at radius 3 is 2.71 bits per heavy atom. The van der Waals surface area contributed by atoms with E-state index in [0.717, 1.165) is 22.8 Å². The van der Waals surface area contributed by atoms with Crippen LogP contribution in [-0.2, 0) is 4.79 Å². The van der Waals surface area contributed by atoms with Gasteiger partial charge in [-0.3, -0.25) is 0 Å². The Kier molecular flexibility index (Phi) is 3.62. The minimum atomic E-state index is -0.779. The molecule has 1 heterocycles. The number of hydrogen-bond acceptors (Lipinski definition) is 3. The molecule has 0 unspecified atom stereocenters. The van der Waals surface area contributed by atoms with Crippen molar-refractivity contribution in [1.82, 2.24) is 0 Å². The van der Waals surface area contributed by atoms with Crippen LogP contribution in [0.25, 0.3) is 0 Å². The molecule has 0 bridgehead atoms. The van der Waals surface area contributed by atoms with Gasteiger partial charge in [-0.25, -0.2) is 4.79 Å². The van der Waals surface area contributed by atoms with Gasteiger partial charge in [0.15, 0.2) is 0 Å². The van der Waals surface area contributed by atoms with E-state index in [0.29, 0.717) is 12.8 Å². The van der Waals surface area contributed by atoms with Crippen molar-refractivity contribution in [3.8, 4) is 0 Å². The van der Waals surface area contributed by atoms with Gasteiger partial charge >= 0.3 is 5.97 Å². The smallest absolute Gasteiger partial charge is 0.329 e.